The monoisotopic (exact) mass is 327 g/mol. The summed E-state index contributed by atoms with van der Waals surface area (Å²) in [5, 5.41) is 4.47. The van der Waals surface area contributed by atoms with Crippen LogP contribution >= 0.6 is 0 Å². The molecule has 1 atom stereocenters. The Labute approximate surface area is 141 Å². The molecule has 24 heavy (non-hydrogen) atoms. The first-order valence-electron chi connectivity index (χ1n) is 8.08. The summed E-state index contributed by atoms with van der Waals surface area (Å²) in [4.78, 5) is 16.2. The molecule has 0 N–H and O–H groups in total. The summed E-state index contributed by atoms with van der Waals surface area (Å²) in [5.41, 5.74) is 2.90. The summed E-state index contributed by atoms with van der Waals surface area (Å²) >= 11 is 0. The number of rotatable bonds is 4. The lowest BCUT2D eigenvalue weighted by Gasteiger charge is -2.23. The first kappa shape index (κ1) is 16.4. The lowest BCUT2D eigenvalue weighted by atomic mass is 10.1. The predicted molar refractivity (Wildman–Crippen MR) is 90.3 cm³/mol. The summed E-state index contributed by atoms with van der Waals surface area (Å²) in [6, 6.07) is 3.82. The molecule has 1 fully saturated rings. The summed E-state index contributed by atoms with van der Waals surface area (Å²) < 4.78 is 12.5. The Morgan fingerprint density at radius 2 is 2.29 bits per heavy atom. The van der Waals surface area contributed by atoms with Gasteiger partial charge >= 0.3 is 5.97 Å². The predicted octanol–water partition coefficient (Wildman–Crippen LogP) is 3.24. The molecule has 0 amide bonds. The van der Waals surface area contributed by atoms with Gasteiger partial charge in [-0.2, -0.15) is 5.10 Å². The second-order valence-corrected chi connectivity index (χ2v) is 5.72. The highest BCUT2D eigenvalue weighted by Crippen LogP contribution is 2.27. The molecule has 1 aliphatic rings. The number of ether oxygens (including phenoxy) is 2. The van der Waals surface area contributed by atoms with Gasteiger partial charge in [-0.05, 0) is 37.8 Å². The van der Waals surface area contributed by atoms with Gasteiger partial charge in [0.15, 0.2) is 5.69 Å². The third kappa shape index (κ3) is 3.38. The number of carbonyl (C=O) groups excluding carboxylic acids is 1. The van der Waals surface area contributed by atoms with Crippen LogP contribution in [0.1, 0.15) is 52.8 Å². The smallest absolute Gasteiger partial charge is 0.359 e. The van der Waals surface area contributed by atoms with E-state index in [1.165, 1.54) is 7.11 Å². The van der Waals surface area contributed by atoms with Crippen LogP contribution < -0.4 is 0 Å². The van der Waals surface area contributed by atoms with Gasteiger partial charge in [0.1, 0.15) is 6.23 Å². The molecule has 1 unspecified atom stereocenters. The van der Waals surface area contributed by atoms with E-state index in [9.17, 15) is 4.79 Å². The number of hydrogen-bond acceptors (Lipinski definition) is 5. The SMILES string of the molecule is COC(=O)c1nn(C2CCCCO2)c(C)c1/C=C/c1cccnc1. The van der Waals surface area contributed by atoms with Crippen LogP contribution in [0.2, 0.25) is 0 Å². The van der Waals surface area contributed by atoms with Crippen LogP contribution in [-0.2, 0) is 9.47 Å². The first-order valence-corrected chi connectivity index (χ1v) is 8.08. The van der Waals surface area contributed by atoms with Gasteiger partial charge in [0.05, 0.1) is 7.11 Å². The van der Waals surface area contributed by atoms with Crippen molar-refractivity contribution >= 4 is 18.1 Å². The second kappa shape index (κ2) is 7.40. The fraction of sp³-hybridized carbons (Fsp3) is 0.389. The van der Waals surface area contributed by atoms with Crippen LogP contribution in [0.3, 0.4) is 0 Å². The van der Waals surface area contributed by atoms with E-state index in [1.807, 2.05) is 31.2 Å². The summed E-state index contributed by atoms with van der Waals surface area (Å²) in [5.74, 6) is -0.446. The van der Waals surface area contributed by atoms with Crippen molar-refractivity contribution in [2.75, 3.05) is 13.7 Å². The highest BCUT2D eigenvalue weighted by atomic mass is 16.5. The maximum Gasteiger partial charge on any atom is 0.359 e. The zero-order valence-corrected chi connectivity index (χ0v) is 13.9. The van der Waals surface area contributed by atoms with E-state index in [2.05, 4.69) is 10.1 Å². The molecule has 6 nitrogen and oxygen atoms in total. The minimum Gasteiger partial charge on any atom is -0.464 e. The molecule has 0 saturated carbocycles. The normalized spacial score (nSPS) is 18.0. The Hall–Kier alpha value is -2.47. The van der Waals surface area contributed by atoms with Crippen molar-refractivity contribution < 1.29 is 14.3 Å². The quantitative estimate of drug-likeness (QED) is 0.807. The van der Waals surface area contributed by atoms with Gasteiger partial charge in [-0.1, -0.05) is 18.2 Å². The average Bonchev–Trinajstić information content (AvgIpc) is 2.97. The molecule has 6 heteroatoms. The molecule has 0 aromatic carbocycles. The minimum absolute atomic E-state index is 0.123. The third-order valence-corrected chi connectivity index (χ3v) is 4.13. The molecular weight excluding hydrogens is 306 g/mol. The van der Waals surface area contributed by atoms with E-state index in [1.54, 1.807) is 17.1 Å². The lowest BCUT2D eigenvalue weighted by Crippen LogP contribution is -2.20. The van der Waals surface area contributed by atoms with Crippen LogP contribution in [0, 0.1) is 6.92 Å². The first-order chi connectivity index (χ1) is 11.7. The molecule has 2 aromatic heterocycles. The fourth-order valence-corrected chi connectivity index (χ4v) is 2.83. The van der Waals surface area contributed by atoms with Crippen molar-refractivity contribution in [2.24, 2.45) is 0 Å². The standard InChI is InChI=1S/C18H21N3O3/c1-13-15(9-8-14-6-5-10-19-12-14)17(18(22)23-2)20-21(13)16-7-3-4-11-24-16/h5-6,8-10,12,16H,3-4,7,11H2,1-2H3/b9-8+. The number of nitrogens with zero attached hydrogens (tertiary/aromatic N) is 3. The Morgan fingerprint density at radius 1 is 1.42 bits per heavy atom. The number of hydrogen-bond donors (Lipinski definition) is 0. The van der Waals surface area contributed by atoms with Crippen molar-refractivity contribution in [3.8, 4) is 0 Å². The molecule has 0 spiro atoms. The largest absolute Gasteiger partial charge is 0.464 e. The maximum absolute atomic E-state index is 12.1. The molecule has 3 heterocycles. The minimum atomic E-state index is -0.446. The van der Waals surface area contributed by atoms with E-state index in [0.717, 1.165) is 42.7 Å². The van der Waals surface area contributed by atoms with E-state index in [-0.39, 0.29) is 6.23 Å². The number of methoxy groups -OCH3 is 1. The van der Waals surface area contributed by atoms with Gasteiger partial charge in [-0.15, -0.1) is 0 Å². The van der Waals surface area contributed by atoms with Crippen LogP contribution in [0.4, 0.5) is 0 Å². The van der Waals surface area contributed by atoms with Gasteiger partial charge in [0, 0.05) is 30.3 Å². The highest BCUT2D eigenvalue weighted by Gasteiger charge is 2.25. The van der Waals surface area contributed by atoms with E-state index < -0.39 is 5.97 Å². The van der Waals surface area contributed by atoms with Crippen LogP contribution in [0.25, 0.3) is 12.2 Å². The number of carbonyl (C=O) groups is 1. The summed E-state index contributed by atoms with van der Waals surface area (Å²) in [6.07, 6.45) is 10.2. The second-order valence-electron chi connectivity index (χ2n) is 5.72. The molecule has 126 valence electrons. The molecule has 0 aliphatic carbocycles. The van der Waals surface area contributed by atoms with Gasteiger partial charge in [-0.25, -0.2) is 9.48 Å². The maximum atomic E-state index is 12.1. The van der Waals surface area contributed by atoms with Gasteiger partial charge in [0.2, 0.25) is 0 Å². The fourth-order valence-electron chi connectivity index (χ4n) is 2.83. The van der Waals surface area contributed by atoms with Gasteiger partial charge in [-0.3, -0.25) is 4.98 Å². The highest BCUT2D eigenvalue weighted by molar-refractivity contribution is 5.93. The van der Waals surface area contributed by atoms with Crippen LogP contribution in [0.5, 0.6) is 0 Å². The Balaban J connectivity index is 1.97. The van der Waals surface area contributed by atoms with E-state index >= 15 is 0 Å². The molecule has 0 bridgehead atoms. The van der Waals surface area contributed by atoms with Crippen LogP contribution in [-0.4, -0.2) is 34.5 Å². The van der Waals surface area contributed by atoms with E-state index in [0.29, 0.717) is 5.69 Å². The molecule has 1 aliphatic heterocycles. The number of aromatic nitrogens is 3. The van der Waals surface area contributed by atoms with Gasteiger partial charge < -0.3 is 9.47 Å². The molecular formula is C18H21N3O3. The molecule has 1 saturated heterocycles. The zero-order chi connectivity index (χ0) is 16.9. The van der Waals surface area contributed by atoms with Crippen LogP contribution in [0.15, 0.2) is 24.5 Å². The Bertz CT molecular complexity index is 731. The molecule has 0 radical (unpaired) electrons. The number of esters is 1. The Kier molecular flexibility index (Phi) is 5.05. The molecule has 2 aromatic rings. The summed E-state index contributed by atoms with van der Waals surface area (Å²) in [6.45, 7) is 2.67. The lowest BCUT2D eigenvalue weighted by molar-refractivity contribution is -0.0408. The van der Waals surface area contributed by atoms with Crippen molar-refractivity contribution in [3.05, 3.63) is 47.0 Å². The van der Waals surface area contributed by atoms with Gasteiger partial charge in [0.25, 0.3) is 0 Å². The van der Waals surface area contributed by atoms with Crippen molar-refractivity contribution in [2.45, 2.75) is 32.4 Å². The topological polar surface area (TPSA) is 66.2 Å². The zero-order valence-electron chi connectivity index (χ0n) is 13.9. The van der Waals surface area contributed by atoms with E-state index in [4.69, 9.17) is 9.47 Å². The van der Waals surface area contributed by atoms with Crippen molar-refractivity contribution in [3.63, 3.8) is 0 Å². The Morgan fingerprint density at radius 3 is 2.96 bits per heavy atom. The number of pyridine rings is 1. The summed E-state index contributed by atoms with van der Waals surface area (Å²) in [7, 11) is 1.36. The van der Waals surface area contributed by atoms with Crippen molar-refractivity contribution in [1.29, 1.82) is 0 Å². The van der Waals surface area contributed by atoms with Crippen molar-refractivity contribution in [1.82, 2.24) is 14.8 Å². The third-order valence-electron chi connectivity index (χ3n) is 4.13. The molecule has 3 rings (SSSR count). The average molecular weight is 327 g/mol.